The Balaban J connectivity index is 2.14. The molecular formula is C15H11ClF3NO. The summed E-state index contributed by atoms with van der Waals surface area (Å²) in [4.78, 5) is 11.9. The number of hydrogen-bond donors (Lipinski definition) is 1. The molecule has 0 aliphatic rings. The zero-order valence-electron chi connectivity index (χ0n) is 10.7. The molecule has 0 aliphatic heterocycles. The van der Waals surface area contributed by atoms with Crippen LogP contribution in [0, 0.1) is 0 Å². The van der Waals surface area contributed by atoms with E-state index in [1.165, 1.54) is 18.2 Å². The number of para-hydroxylation sites is 1. The molecule has 110 valence electrons. The number of nitrogens with one attached hydrogen (secondary N) is 1. The van der Waals surface area contributed by atoms with E-state index in [1.807, 2.05) is 0 Å². The smallest absolute Gasteiger partial charge is 0.325 e. The van der Waals surface area contributed by atoms with Crippen molar-refractivity contribution in [2.75, 3.05) is 5.32 Å². The van der Waals surface area contributed by atoms with E-state index in [0.717, 1.165) is 6.07 Å². The molecule has 0 saturated carbocycles. The van der Waals surface area contributed by atoms with Gasteiger partial charge in [-0.3, -0.25) is 4.79 Å². The highest BCUT2D eigenvalue weighted by Gasteiger charge is 2.33. The molecule has 0 unspecified atom stereocenters. The Morgan fingerprint density at radius 3 is 2.48 bits per heavy atom. The lowest BCUT2D eigenvalue weighted by atomic mass is 10.1. The molecule has 0 radical (unpaired) electrons. The number of amides is 1. The third-order valence-electron chi connectivity index (χ3n) is 2.76. The van der Waals surface area contributed by atoms with Crippen LogP contribution in [-0.2, 0) is 17.4 Å². The molecule has 0 aliphatic carbocycles. The SMILES string of the molecule is O=C(Cc1cccc(Cl)c1)Nc1ccccc1C(F)(F)F. The molecule has 0 fully saturated rings. The van der Waals surface area contributed by atoms with E-state index in [1.54, 1.807) is 24.3 Å². The second kappa shape index (κ2) is 6.18. The lowest BCUT2D eigenvalue weighted by Gasteiger charge is -2.13. The van der Waals surface area contributed by atoms with Gasteiger partial charge >= 0.3 is 6.18 Å². The summed E-state index contributed by atoms with van der Waals surface area (Å²) in [7, 11) is 0. The number of hydrogen-bond acceptors (Lipinski definition) is 1. The Morgan fingerprint density at radius 1 is 1.10 bits per heavy atom. The molecule has 0 saturated heterocycles. The van der Waals surface area contributed by atoms with E-state index in [2.05, 4.69) is 5.32 Å². The monoisotopic (exact) mass is 313 g/mol. The molecule has 2 aromatic carbocycles. The van der Waals surface area contributed by atoms with Gasteiger partial charge in [0.2, 0.25) is 5.91 Å². The molecule has 6 heteroatoms. The Bertz CT molecular complexity index is 655. The van der Waals surface area contributed by atoms with Crippen molar-refractivity contribution >= 4 is 23.2 Å². The molecule has 1 amide bonds. The summed E-state index contributed by atoms with van der Waals surface area (Å²) in [6, 6.07) is 11.5. The van der Waals surface area contributed by atoms with Gasteiger partial charge in [-0.25, -0.2) is 0 Å². The standard InChI is InChI=1S/C15H11ClF3NO/c16-11-5-3-4-10(8-11)9-14(21)20-13-7-2-1-6-12(13)15(17,18)19/h1-8H,9H2,(H,20,21). The van der Waals surface area contributed by atoms with E-state index in [-0.39, 0.29) is 12.1 Å². The van der Waals surface area contributed by atoms with Gasteiger partial charge in [-0.05, 0) is 29.8 Å². The van der Waals surface area contributed by atoms with Gasteiger partial charge in [0.05, 0.1) is 17.7 Å². The van der Waals surface area contributed by atoms with Crippen LogP contribution in [0.1, 0.15) is 11.1 Å². The van der Waals surface area contributed by atoms with Gasteiger partial charge in [-0.15, -0.1) is 0 Å². The number of rotatable bonds is 3. The van der Waals surface area contributed by atoms with Crippen LogP contribution in [0.15, 0.2) is 48.5 Å². The van der Waals surface area contributed by atoms with Crippen molar-refractivity contribution < 1.29 is 18.0 Å². The van der Waals surface area contributed by atoms with Crippen LogP contribution in [0.2, 0.25) is 5.02 Å². The minimum absolute atomic E-state index is 0.0489. The molecule has 0 spiro atoms. The summed E-state index contributed by atoms with van der Waals surface area (Å²) >= 11 is 5.79. The van der Waals surface area contributed by atoms with Crippen LogP contribution in [0.3, 0.4) is 0 Å². The van der Waals surface area contributed by atoms with Gasteiger partial charge in [0, 0.05) is 5.02 Å². The molecular weight excluding hydrogens is 303 g/mol. The lowest BCUT2D eigenvalue weighted by molar-refractivity contribution is -0.137. The summed E-state index contributed by atoms with van der Waals surface area (Å²) in [5.74, 6) is -0.533. The summed E-state index contributed by atoms with van der Waals surface area (Å²) in [6.07, 6.45) is -4.56. The average Bonchev–Trinajstić information content (AvgIpc) is 2.37. The van der Waals surface area contributed by atoms with Gasteiger partial charge in [-0.1, -0.05) is 35.9 Å². The minimum atomic E-state index is -4.51. The zero-order chi connectivity index (χ0) is 15.5. The Kier molecular flexibility index (Phi) is 4.53. The quantitative estimate of drug-likeness (QED) is 0.885. The van der Waals surface area contributed by atoms with Gasteiger partial charge in [0.15, 0.2) is 0 Å². The largest absolute Gasteiger partial charge is 0.418 e. The molecule has 2 nitrogen and oxygen atoms in total. The highest BCUT2D eigenvalue weighted by molar-refractivity contribution is 6.30. The summed E-state index contributed by atoms with van der Waals surface area (Å²) < 4.78 is 38.4. The van der Waals surface area contributed by atoms with Crippen molar-refractivity contribution in [1.29, 1.82) is 0 Å². The van der Waals surface area contributed by atoms with E-state index >= 15 is 0 Å². The van der Waals surface area contributed by atoms with E-state index in [9.17, 15) is 18.0 Å². The molecule has 1 N–H and O–H groups in total. The first-order chi connectivity index (χ1) is 9.86. The topological polar surface area (TPSA) is 29.1 Å². The minimum Gasteiger partial charge on any atom is -0.325 e. The summed E-state index contributed by atoms with van der Waals surface area (Å²) in [5, 5.41) is 2.75. The van der Waals surface area contributed by atoms with E-state index in [0.29, 0.717) is 10.6 Å². The predicted octanol–water partition coefficient (Wildman–Crippen LogP) is 4.54. The molecule has 2 aromatic rings. The fraction of sp³-hybridized carbons (Fsp3) is 0.133. The predicted molar refractivity (Wildman–Crippen MR) is 75.2 cm³/mol. The molecule has 0 bridgehead atoms. The average molecular weight is 314 g/mol. The maximum absolute atomic E-state index is 12.8. The van der Waals surface area contributed by atoms with Crippen molar-refractivity contribution in [2.24, 2.45) is 0 Å². The maximum Gasteiger partial charge on any atom is 0.418 e. The van der Waals surface area contributed by atoms with Crippen molar-refractivity contribution in [1.82, 2.24) is 0 Å². The highest BCUT2D eigenvalue weighted by Crippen LogP contribution is 2.34. The zero-order valence-corrected chi connectivity index (χ0v) is 11.5. The molecule has 21 heavy (non-hydrogen) atoms. The fourth-order valence-electron chi connectivity index (χ4n) is 1.87. The summed E-state index contributed by atoms with van der Waals surface area (Å²) in [6.45, 7) is 0. The van der Waals surface area contributed by atoms with Gasteiger partial charge in [0.25, 0.3) is 0 Å². The third-order valence-corrected chi connectivity index (χ3v) is 3.00. The highest BCUT2D eigenvalue weighted by atomic mass is 35.5. The van der Waals surface area contributed by atoms with E-state index in [4.69, 9.17) is 11.6 Å². The first-order valence-electron chi connectivity index (χ1n) is 6.07. The number of alkyl halides is 3. The second-order valence-corrected chi connectivity index (χ2v) is 4.83. The number of carbonyl (C=O) groups excluding carboxylic acids is 1. The first kappa shape index (κ1) is 15.4. The first-order valence-corrected chi connectivity index (χ1v) is 6.44. The van der Waals surface area contributed by atoms with Crippen LogP contribution >= 0.6 is 11.6 Å². The van der Waals surface area contributed by atoms with Gasteiger partial charge < -0.3 is 5.32 Å². The Morgan fingerprint density at radius 2 is 1.81 bits per heavy atom. The lowest BCUT2D eigenvalue weighted by Crippen LogP contribution is -2.18. The van der Waals surface area contributed by atoms with Crippen molar-refractivity contribution in [2.45, 2.75) is 12.6 Å². The number of carbonyl (C=O) groups is 1. The Hall–Kier alpha value is -2.01. The van der Waals surface area contributed by atoms with Crippen molar-refractivity contribution in [3.8, 4) is 0 Å². The normalized spacial score (nSPS) is 11.2. The molecule has 0 aromatic heterocycles. The summed E-state index contributed by atoms with van der Waals surface area (Å²) in [5.41, 5.74) is -0.494. The number of halogens is 4. The fourth-order valence-corrected chi connectivity index (χ4v) is 2.08. The van der Waals surface area contributed by atoms with Crippen molar-refractivity contribution in [3.05, 3.63) is 64.7 Å². The molecule has 0 atom stereocenters. The van der Waals surface area contributed by atoms with Crippen LogP contribution in [0.5, 0.6) is 0 Å². The third kappa shape index (κ3) is 4.23. The number of anilines is 1. The van der Waals surface area contributed by atoms with Crippen LogP contribution in [0.25, 0.3) is 0 Å². The Labute approximate surface area is 124 Å². The van der Waals surface area contributed by atoms with Crippen LogP contribution in [0.4, 0.5) is 18.9 Å². The van der Waals surface area contributed by atoms with Crippen LogP contribution in [-0.4, -0.2) is 5.91 Å². The van der Waals surface area contributed by atoms with E-state index < -0.39 is 17.6 Å². The molecule has 2 rings (SSSR count). The van der Waals surface area contributed by atoms with Gasteiger partial charge in [-0.2, -0.15) is 13.2 Å². The van der Waals surface area contributed by atoms with Crippen LogP contribution < -0.4 is 5.32 Å². The molecule has 0 heterocycles. The second-order valence-electron chi connectivity index (χ2n) is 4.40. The van der Waals surface area contributed by atoms with Crippen molar-refractivity contribution in [3.63, 3.8) is 0 Å². The van der Waals surface area contributed by atoms with Gasteiger partial charge in [0.1, 0.15) is 0 Å². The number of benzene rings is 2. The maximum atomic E-state index is 12.8.